The van der Waals surface area contributed by atoms with Crippen molar-refractivity contribution in [2.24, 2.45) is 0 Å². The van der Waals surface area contributed by atoms with Gasteiger partial charge in [0.1, 0.15) is 14.5 Å². The van der Waals surface area contributed by atoms with Gasteiger partial charge in [0.05, 0.1) is 11.5 Å². The van der Waals surface area contributed by atoms with Gasteiger partial charge in [-0.1, -0.05) is 32.9 Å². The van der Waals surface area contributed by atoms with Crippen molar-refractivity contribution in [1.29, 1.82) is 0 Å². The van der Waals surface area contributed by atoms with Gasteiger partial charge >= 0.3 is 29.6 Å². The van der Waals surface area contributed by atoms with Crippen LogP contribution in [0.1, 0.15) is 18.1 Å². The Labute approximate surface area is 163 Å². The van der Waals surface area contributed by atoms with Gasteiger partial charge in [0, 0.05) is 5.56 Å². The SMILES string of the molecule is CCOc1cc2c(cc1S(=O)(=O)O)-c1ssc(=S)c1CC2.[NaH]. The van der Waals surface area contributed by atoms with Gasteiger partial charge in [-0.2, -0.15) is 8.42 Å². The van der Waals surface area contributed by atoms with Gasteiger partial charge in [-0.15, -0.1) is 0 Å². The van der Waals surface area contributed by atoms with E-state index in [0.717, 1.165) is 38.2 Å². The van der Waals surface area contributed by atoms with Crippen molar-refractivity contribution in [3.8, 4) is 16.2 Å². The van der Waals surface area contributed by atoms with Crippen LogP contribution in [0.15, 0.2) is 17.0 Å². The van der Waals surface area contributed by atoms with E-state index in [1.807, 2.05) is 0 Å². The third-order valence-corrected chi connectivity index (χ3v) is 7.41. The van der Waals surface area contributed by atoms with E-state index in [4.69, 9.17) is 17.0 Å². The normalized spacial score (nSPS) is 13.0. The van der Waals surface area contributed by atoms with Gasteiger partial charge in [-0.05, 0) is 43.0 Å². The van der Waals surface area contributed by atoms with Crippen molar-refractivity contribution >= 4 is 72.6 Å². The molecule has 0 amide bonds. The van der Waals surface area contributed by atoms with Crippen molar-refractivity contribution in [2.75, 3.05) is 6.61 Å². The van der Waals surface area contributed by atoms with Crippen LogP contribution in [0.25, 0.3) is 10.4 Å². The molecule has 1 heterocycles. The second-order valence-corrected chi connectivity index (χ2v) is 8.83. The molecule has 114 valence electrons. The molecule has 1 aliphatic rings. The molecule has 1 N–H and O–H groups in total. The molecule has 1 aromatic carbocycles. The fourth-order valence-corrected chi connectivity index (χ4v) is 6.12. The molecule has 0 spiro atoms. The summed E-state index contributed by atoms with van der Waals surface area (Å²) in [6, 6.07) is 3.23. The third-order valence-electron chi connectivity index (χ3n) is 3.36. The first-order valence-electron chi connectivity index (χ1n) is 6.31. The first-order chi connectivity index (χ1) is 9.91. The van der Waals surface area contributed by atoms with Gasteiger partial charge in [0.15, 0.2) is 0 Å². The van der Waals surface area contributed by atoms with Crippen LogP contribution in [0.5, 0.6) is 5.75 Å². The Morgan fingerprint density at radius 3 is 2.68 bits per heavy atom. The number of benzene rings is 1. The summed E-state index contributed by atoms with van der Waals surface area (Å²) in [4.78, 5) is 0.833. The summed E-state index contributed by atoms with van der Waals surface area (Å²) in [5.41, 5.74) is 2.98. The number of hydrogen-bond donors (Lipinski definition) is 1. The summed E-state index contributed by atoms with van der Waals surface area (Å²) in [5, 5.41) is 0. The zero-order valence-electron chi connectivity index (χ0n) is 11.1. The van der Waals surface area contributed by atoms with Crippen LogP contribution in [0.4, 0.5) is 0 Å². The molecule has 3 rings (SSSR count). The van der Waals surface area contributed by atoms with Crippen LogP contribution < -0.4 is 4.74 Å². The monoisotopic (exact) mass is 384 g/mol. The molecule has 0 saturated heterocycles. The molecule has 2 aromatic rings. The second-order valence-electron chi connectivity index (χ2n) is 4.63. The molecular formula is C13H13NaO4S4. The van der Waals surface area contributed by atoms with Gasteiger partial charge in [0.25, 0.3) is 10.1 Å². The molecule has 0 fully saturated rings. The van der Waals surface area contributed by atoms with Crippen LogP contribution in [-0.4, -0.2) is 49.1 Å². The van der Waals surface area contributed by atoms with Crippen molar-refractivity contribution in [3.05, 3.63) is 27.1 Å². The molecule has 1 aliphatic carbocycles. The Balaban J connectivity index is 0.00000176. The van der Waals surface area contributed by atoms with Crippen LogP contribution >= 0.6 is 32.9 Å². The van der Waals surface area contributed by atoms with E-state index in [1.54, 1.807) is 23.3 Å². The number of hydrogen-bond acceptors (Lipinski definition) is 6. The molecule has 9 heteroatoms. The summed E-state index contributed by atoms with van der Waals surface area (Å²) >= 11 is 5.31. The first kappa shape index (κ1) is 18.5. The molecule has 0 unspecified atom stereocenters. The van der Waals surface area contributed by atoms with E-state index in [2.05, 4.69) is 0 Å². The van der Waals surface area contributed by atoms with Crippen molar-refractivity contribution in [2.45, 2.75) is 24.7 Å². The summed E-state index contributed by atoms with van der Waals surface area (Å²) in [6.45, 7) is 2.11. The quantitative estimate of drug-likeness (QED) is 0.381. The zero-order valence-corrected chi connectivity index (χ0v) is 14.3. The standard InChI is InChI=1S/C13H12O4S4.Na.H/c1-2-17-10-5-7-3-4-8-12(19-20-13(8)18)9(7)6-11(10)21(14,15)16;;/h5-6H,2-4H2,1H3,(H,14,15,16);;. The number of ether oxygens (including phenoxy) is 1. The molecule has 4 nitrogen and oxygen atoms in total. The molecule has 0 radical (unpaired) electrons. The first-order valence-corrected chi connectivity index (χ1v) is 10.3. The second kappa shape index (κ2) is 6.98. The summed E-state index contributed by atoms with van der Waals surface area (Å²) in [6.07, 6.45) is 1.65. The minimum atomic E-state index is -4.33. The van der Waals surface area contributed by atoms with Crippen LogP contribution in [0.2, 0.25) is 0 Å². The molecule has 1 aromatic heterocycles. The Kier molecular flexibility index (Phi) is 5.88. The van der Waals surface area contributed by atoms with E-state index < -0.39 is 10.1 Å². The molecule has 0 aliphatic heterocycles. The predicted octanol–water partition coefficient (Wildman–Crippen LogP) is 3.30. The fraction of sp³-hybridized carbons (Fsp3) is 0.308. The number of aryl methyl sites for hydroxylation is 1. The number of fused-ring (bicyclic) bond motifs is 3. The van der Waals surface area contributed by atoms with Crippen molar-refractivity contribution < 1.29 is 17.7 Å². The van der Waals surface area contributed by atoms with E-state index >= 15 is 0 Å². The van der Waals surface area contributed by atoms with Gasteiger partial charge in [-0.3, -0.25) is 4.55 Å². The summed E-state index contributed by atoms with van der Waals surface area (Å²) in [5.74, 6) is 0.209. The molecule has 0 saturated carbocycles. The predicted molar refractivity (Wildman–Crippen MR) is 94.0 cm³/mol. The Hall–Kier alpha value is 0.200. The average Bonchev–Trinajstić information content (AvgIpc) is 2.79. The van der Waals surface area contributed by atoms with Crippen LogP contribution in [0, 0.1) is 3.82 Å². The Bertz CT molecular complexity index is 867. The fourth-order valence-electron chi connectivity index (χ4n) is 2.45. The van der Waals surface area contributed by atoms with Crippen LogP contribution in [-0.2, 0) is 23.0 Å². The van der Waals surface area contributed by atoms with E-state index in [0.29, 0.717) is 6.61 Å². The van der Waals surface area contributed by atoms with Crippen molar-refractivity contribution in [1.82, 2.24) is 0 Å². The molecule has 0 bridgehead atoms. The Morgan fingerprint density at radius 2 is 2.05 bits per heavy atom. The maximum absolute atomic E-state index is 11.6. The van der Waals surface area contributed by atoms with Gasteiger partial charge in [-0.25, -0.2) is 0 Å². The van der Waals surface area contributed by atoms with Gasteiger partial charge in [0.2, 0.25) is 0 Å². The zero-order chi connectivity index (χ0) is 15.2. The van der Waals surface area contributed by atoms with E-state index in [1.165, 1.54) is 16.4 Å². The third kappa shape index (κ3) is 3.34. The van der Waals surface area contributed by atoms with E-state index in [9.17, 15) is 13.0 Å². The molecular weight excluding hydrogens is 371 g/mol. The van der Waals surface area contributed by atoms with Crippen LogP contribution in [0.3, 0.4) is 0 Å². The van der Waals surface area contributed by atoms with Crippen molar-refractivity contribution in [3.63, 3.8) is 0 Å². The minimum absolute atomic E-state index is 0. The summed E-state index contributed by atoms with van der Waals surface area (Å²) in [7, 11) is -1.25. The topological polar surface area (TPSA) is 63.6 Å². The van der Waals surface area contributed by atoms with Gasteiger partial charge < -0.3 is 4.74 Å². The number of rotatable bonds is 3. The Morgan fingerprint density at radius 1 is 1.32 bits per heavy atom. The van der Waals surface area contributed by atoms with E-state index in [-0.39, 0.29) is 40.2 Å². The average molecular weight is 385 g/mol. The summed E-state index contributed by atoms with van der Waals surface area (Å²) < 4.78 is 38.8. The molecule has 22 heavy (non-hydrogen) atoms. The molecule has 0 atom stereocenters. The maximum atomic E-state index is 11.6.